The molecule has 0 bridgehead atoms. The van der Waals surface area contributed by atoms with Gasteiger partial charge in [0, 0.05) is 29.6 Å². The number of aliphatic hydroxyl groups is 2. The lowest BCUT2D eigenvalue weighted by atomic mass is 9.78. The third-order valence-electron chi connectivity index (χ3n) is 5.74. The van der Waals surface area contributed by atoms with Crippen molar-refractivity contribution in [2.45, 2.75) is 58.2 Å². The third-order valence-corrected chi connectivity index (χ3v) is 7.84. The molecule has 2 heterocycles. The molecule has 1 aromatic carbocycles. The second-order valence-corrected chi connectivity index (χ2v) is 10.5. The number of ether oxygens (including phenoxy) is 1. The van der Waals surface area contributed by atoms with Gasteiger partial charge in [0.1, 0.15) is 5.75 Å². The van der Waals surface area contributed by atoms with Crippen molar-refractivity contribution in [1.82, 2.24) is 4.31 Å². The summed E-state index contributed by atoms with van der Waals surface area (Å²) in [5, 5.41) is 20.2. The van der Waals surface area contributed by atoms with Crippen molar-refractivity contribution in [2.24, 2.45) is 0 Å². The van der Waals surface area contributed by atoms with Gasteiger partial charge in [0.25, 0.3) is 0 Å². The van der Waals surface area contributed by atoms with E-state index in [2.05, 4.69) is 0 Å². The molecule has 0 aliphatic carbocycles. The highest BCUT2D eigenvalue weighted by molar-refractivity contribution is 7.93. The summed E-state index contributed by atoms with van der Waals surface area (Å²) in [7, 11) is -3.42. The molecule has 1 unspecified atom stereocenters. The molecular weight excluding hydrogens is 366 g/mol. The molecule has 2 aliphatic rings. The summed E-state index contributed by atoms with van der Waals surface area (Å²) in [4.78, 5) is 0.398. The number of hydrogen-bond acceptors (Lipinski definition) is 5. The van der Waals surface area contributed by atoms with Gasteiger partial charge in [-0.25, -0.2) is 8.42 Å². The maximum Gasteiger partial charge on any atom is 0.239 e. The molecule has 1 fully saturated rings. The summed E-state index contributed by atoms with van der Waals surface area (Å²) in [5.74, 6) is 0.582. The molecule has 1 atom stereocenters. The van der Waals surface area contributed by atoms with Gasteiger partial charge in [-0.05, 0) is 44.0 Å². The lowest BCUT2D eigenvalue weighted by Gasteiger charge is -2.25. The van der Waals surface area contributed by atoms with Gasteiger partial charge in [-0.3, -0.25) is 0 Å². The predicted molar refractivity (Wildman–Crippen MR) is 105 cm³/mol. The van der Waals surface area contributed by atoms with E-state index in [1.165, 1.54) is 4.31 Å². The molecule has 2 N–H and O–H groups in total. The molecular formula is C20H29NO5S. The van der Waals surface area contributed by atoms with Gasteiger partial charge in [-0.2, -0.15) is 4.31 Å². The van der Waals surface area contributed by atoms with E-state index in [1.54, 1.807) is 6.08 Å². The SMILES string of the molecule is CCN1CCC(=Cc2cc(C(C)(C)CO)c3c(c2)C(C)(C)C(O)O3)S1(=O)=O. The van der Waals surface area contributed by atoms with Gasteiger partial charge >= 0.3 is 0 Å². The van der Waals surface area contributed by atoms with E-state index in [0.29, 0.717) is 30.2 Å². The fourth-order valence-corrected chi connectivity index (χ4v) is 5.27. The Morgan fingerprint density at radius 1 is 1.37 bits per heavy atom. The van der Waals surface area contributed by atoms with Crippen LogP contribution in [0.4, 0.5) is 0 Å². The number of sulfonamides is 1. The topological polar surface area (TPSA) is 87.1 Å². The standard InChI is InChI=1S/C20H29NO5S/c1-6-21-8-7-14(27(21,24)25)9-13-10-15(19(2,3)12-22)17-16(11-13)20(4,5)18(23)26-17/h9-11,18,22-23H,6-8,12H2,1-5H3. The zero-order valence-electron chi connectivity index (χ0n) is 16.6. The zero-order valence-corrected chi connectivity index (χ0v) is 17.4. The Balaban J connectivity index is 2.18. The number of aliphatic hydroxyl groups excluding tert-OH is 2. The van der Waals surface area contributed by atoms with Gasteiger partial charge in [-0.1, -0.05) is 20.8 Å². The first-order valence-corrected chi connectivity index (χ1v) is 10.7. The van der Waals surface area contributed by atoms with Crippen molar-refractivity contribution >= 4 is 16.1 Å². The molecule has 3 rings (SSSR count). The minimum absolute atomic E-state index is 0.0960. The van der Waals surface area contributed by atoms with E-state index in [-0.39, 0.29) is 6.61 Å². The van der Waals surface area contributed by atoms with Crippen molar-refractivity contribution in [2.75, 3.05) is 19.7 Å². The van der Waals surface area contributed by atoms with E-state index < -0.39 is 27.1 Å². The van der Waals surface area contributed by atoms with E-state index in [0.717, 1.165) is 16.7 Å². The summed E-state index contributed by atoms with van der Waals surface area (Å²) in [6.07, 6.45) is 1.20. The molecule has 0 aromatic heterocycles. The summed E-state index contributed by atoms with van der Waals surface area (Å²) >= 11 is 0. The first-order valence-electron chi connectivity index (χ1n) is 9.30. The van der Waals surface area contributed by atoms with Gasteiger partial charge < -0.3 is 14.9 Å². The van der Waals surface area contributed by atoms with Crippen LogP contribution in [0.3, 0.4) is 0 Å². The van der Waals surface area contributed by atoms with Crippen LogP contribution in [0.25, 0.3) is 6.08 Å². The summed E-state index contributed by atoms with van der Waals surface area (Å²) in [6.45, 7) is 10.3. The highest BCUT2D eigenvalue weighted by Gasteiger charge is 2.44. The van der Waals surface area contributed by atoms with Gasteiger partial charge in [0.05, 0.1) is 16.9 Å². The van der Waals surface area contributed by atoms with Crippen LogP contribution in [-0.2, 0) is 20.9 Å². The maximum atomic E-state index is 12.6. The first-order chi connectivity index (χ1) is 12.4. The molecule has 0 spiro atoms. The molecule has 1 saturated heterocycles. The van der Waals surface area contributed by atoms with Crippen LogP contribution in [-0.4, -0.2) is 48.9 Å². The van der Waals surface area contributed by atoms with Crippen LogP contribution in [0.5, 0.6) is 5.75 Å². The second-order valence-electron chi connectivity index (χ2n) is 8.54. The Hall–Kier alpha value is -1.41. The smallest absolute Gasteiger partial charge is 0.239 e. The lowest BCUT2D eigenvalue weighted by Crippen LogP contribution is -2.31. The van der Waals surface area contributed by atoms with Crippen LogP contribution in [0.2, 0.25) is 0 Å². The first kappa shape index (κ1) is 20.3. The number of nitrogens with zero attached hydrogens (tertiary/aromatic N) is 1. The fourth-order valence-electron chi connectivity index (χ4n) is 3.63. The summed E-state index contributed by atoms with van der Waals surface area (Å²) < 4.78 is 32.5. The Labute approximate surface area is 161 Å². The molecule has 0 radical (unpaired) electrons. The quantitative estimate of drug-likeness (QED) is 0.817. The average molecular weight is 396 g/mol. The maximum absolute atomic E-state index is 12.6. The van der Waals surface area contributed by atoms with Gasteiger partial charge in [0.15, 0.2) is 0 Å². The van der Waals surface area contributed by atoms with Gasteiger partial charge in [-0.15, -0.1) is 0 Å². The molecule has 150 valence electrons. The van der Waals surface area contributed by atoms with Crippen LogP contribution in [0, 0.1) is 0 Å². The van der Waals surface area contributed by atoms with Crippen molar-refractivity contribution in [3.05, 3.63) is 33.7 Å². The van der Waals surface area contributed by atoms with E-state index in [1.807, 2.05) is 46.8 Å². The summed E-state index contributed by atoms with van der Waals surface area (Å²) in [6, 6.07) is 3.75. The van der Waals surface area contributed by atoms with E-state index >= 15 is 0 Å². The molecule has 27 heavy (non-hydrogen) atoms. The van der Waals surface area contributed by atoms with E-state index in [9.17, 15) is 18.6 Å². The molecule has 2 aliphatic heterocycles. The Morgan fingerprint density at radius 3 is 2.59 bits per heavy atom. The number of benzene rings is 1. The van der Waals surface area contributed by atoms with Crippen molar-refractivity contribution in [3.63, 3.8) is 0 Å². The van der Waals surface area contributed by atoms with Crippen LogP contribution < -0.4 is 4.74 Å². The highest BCUT2D eigenvalue weighted by Crippen LogP contribution is 2.48. The van der Waals surface area contributed by atoms with Crippen molar-refractivity contribution < 1.29 is 23.4 Å². The average Bonchev–Trinajstić information content (AvgIpc) is 3.00. The normalized spacial score (nSPS) is 25.6. The van der Waals surface area contributed by atoms with E-state index in [4.69, 9.17) is 4.74 Å². The molecule has 1 aromatic rings. The molecule has 0 amide bonds. The van der Waals surface area contributed by atoms with Crippen molar-refractivity contribution in [1.29, 1.82) is 0 Å². The van der Waals surface area contributed by atoms with Gasteiger partial charge in [0.2, 0.25) is 16.3 Å². The number of rotatable bonds is 4. The highest BCUT2D eigenvalue weighted by atomic mass is 32.2. The fraction of sp³-hybridized carbons (Fsp3) is 0.600. The molecule has 0 saturated carbocycles. The monoisotopic (exact) mass is 395 g/mol. The second kappa shape index (κ2) is 6.58. The van der Waals surface area contributed by atoms with Crippen LogP contribution in [0.1, 0.15) is 57.7 Å². The number of hydrogen-bond donors (Lipinski definition) is 2. The minimum Gasteiger partial charge on any atom is -0.464 e. The Bertz CT molecular complexity index is 886. The van der Waals surface area contributed by atoms with Crippen molar-refractivity contribution in [3.8, 4) is 5.75 Å². The molecule has 6 nitrogen and oxygen atoms in total. The third kappa shape index (κ3) is 3.20. The largest absolute Gasteiger partial charge is 0.464 e. The minimum atomic E-state index is -3.42. The zero-order chi connectivity index (χ0) is 20.2. The van der Waals surface area contributed by atoms with Crippen LogP contribution in [0.15, 0.2) is 17.0 Å². The lowest BCUT2D eigenvalue weighted by molar-refractivity contribution is -0.0458. The van der Waals surface area contributed by atoms with Crippen LogP contribution >= 0.6 is 0 Å². The summed E-state index contributed by atoms with van der Waals surface area (Å²) in [5.41, 5.74) is 1.11. The Morgan fingerprint density at radius 2 is 2.04 bits per heavy atom. The predicted octanol–water partition coefficient (Wildman–Crippen LogP) is 2.34. The Kier molecular flexibility index (Phi) is 4.96. The number of fused-ring (bicyclic) bond motifs is 1. The molecule has 7 heteroatoms.